The summed E-state index contributed by atoms with van der Waals surface area (Å²) in [7, 11) is 0. The van der Waals surface area contributed by atoms with Crippen LogP contribution < -0.4 is 0 Å². The fourth-order valence-corrected chi connectivity index (χ4v) is 5.86. The summed E-state index contributed by atoms with van der Waals surface area (Å²) in [5.41, 5.74) is 10.9. The Kier molecular flexibility index (Phi) is 6.32. The van der Waals surface area contributed by atoms with Crippen LogP contribution >= 0.6 is 0 Å². The van der Waals surface area contributed by atoms with E-state index in [1.165, 1.54) is 11.1 Å². The number of benzene rings is 4. The van der Waals surface area contributed by atoms with Crippen LogP contribution in [0.25, 0.3) is 61.3 Å². The SMILES string of the molecule is Cc1cc(-c2cccc(-c3nc4c(-c5cnccc5O)cccc4n3-c3ccc(C(C)(C)C)cc3)c2)c2ncccc2c1. The molecule has 0 aliphatic carbocycles. The number of fused-ring (bicyclic) bond motifs is 2. The number of nitrogens with zero attached hydrogens (tertiary/aromatic N) is 4. The quantitative estimate of drug-likeness (QED) is 0.233. The van der Waals surface area contributed by atoms with Crippen molar-refractivity contribution in [2.45, 2.75) is 33.1 Å². The largest absolute Gasteiger partial charge is 0.507 e. The molecule has 0 radical (unpaired) electrons. The van der Waals surface area contributed by atoms with Crippen molar-refractivity contribution in [2.75, 3.05) is 0 Å². The van der Waals surface area contributed by atoms with E-state index in [2.05, 4.69) is 110 Å². The number of aromatic nitrogens is 4. The minimum absolute atomic E-state index is 0.0440. The van der Waals surface area contributed by atoms with Crippen LogP contribution in [0.5, 0.6) is 5.75 Å². The van der Waals surface area contributed by atoms with Gasteiger partial charge in [-0.05, 0) is 77.6 Å². The Morgan fingerprint density at radius 1 is 0.698 bits per heavy atom. The number of rotatable bonds is 4. The highest BCUT2D eigenvalue weighted by molar-refractivity contribution is 5.98. The molecular weight excluding hydrogens is 528 g/mol. The molecule has 0 bridgehead atoms. The summed E-state index contributed by atoms with van der Waals surface area (Å²) in [6.45, 7) is 8.79. The first-order chi connectivity index (χ1) is 20.8. The average Bonchev–Trinajstić information content (AvgIpc) is 3.41. The number of aryl methyl sites for hydroxylation is 1. The predicted octanol–water partition coefficient (Wildman–Crippen LogP) is 9.28. The van der Waals surface area contributed by atoms with Gasteiger partial charge in [-0.2, -0.15) is 0 Å². The lowest BCUT2D eigenvalue weighted by atomic mass is 9.87. The number of para-hydroxylation sites is 1. The number of hydrogen-bond acceptors (Lipinski definition) is 4. The Hall–Kier alpha value is -5.29. The molecule has 7 aromatic rings. The number of imidazole rings is 1. The minimum atomic E-state index is 0.0440. The van der Waals surface area contributed by atoms with E-state index in [4.69, 9.17) is 9.97 Å². The molecule has 0 saturated carbocycles. The second-order valence-electron chi connectivity index (χ2n) is 12.1. The number of hydrogen-bond donors (Lipinski definition) is 1. The summed E-state index contributed by atoms with van der Waals surface area (Å²) in [6.07, 6.45) is 5.13. The zero-order valence-corrected chi connectivity index (χ0v) is 24.7. The van der Waals surface area contributed by atoms with Gasteiger partial charge in [0.05, 0.1) is 16.6 Å². The average molecular weight is 561 g/mol. The molecule has 0 fully saturated rings. The Balaban J connectivity index is 1.48. The molecule has 5 nitrogen and oxygen atoms in total. The Bertz CT molecular complexity index is 2140. The van der Waals surface area contributed by atoms with Crippen LogP contribution in [0.2, 0.25) is 0 Å². The van der Waals surface area contributed by atoms with Gasteiger partial charge in [0, 0.05) is 51.9 Å². The molecule has 3 heterocycles. The minimum Gasteiger partial charge on any atom is -0.507 e. The van der Waals surface area contributed by atoms with Gasteiger partial charge in [0.25, 0.3) is 0 Å². The monoisotopic (exact) mass is 560 g/mol. The van der Waals surface area contributed by atoms with E-state index in [-0.39, 0.29) is 11.2 Å². The third kappa shape index (κ3) is 4.73. The molecule has 0 atom stereocenters. The van der Waals surface area contributed by atoms with Crippen LogP contribution in [0.15, 0.2) is 116 Å². The summed E-state index contributed by atoms with van der Waals surface area (Å²) in [6, 6.07) is 33.4. The van der Waals surface area contributed by atoms with E-state index >= 15 is 0 Å². The van der Waals surface area contributed by atoms with Crippen LogP contribution in [0.3, 0.4) is 0 Å². The lowest BCUT2D eigenvalue weighted by Gasteiger charge is -2.20. The van der Waals surface area contributed by atoms with Crippen molar-refractivity contribution in [1.29, 1.82) is 0 Å². The van der Waals surface area contributed by atoms with Crippen LogP contribution in [0.4, 0.5) is 0 Å². The van der Waals surface area contributed by atoms with E-state index in [1.54, 1.807) is 18.5 Å². The fourth-order valence-electron chi connectivity index (χ4n) is 5.86. The fraction of sp³-hybridized carbons (Fsp3) is 0.132. The van der Waals surface area contributed by atoms with E-state index in [0.717, 1.165) is 55.7 Å². The topological polar surface area (TPSA) is 63.8 Å². The smallest absolute Gasteiger partial charge is 0.145 e. The molecule has 5 heteroatoms. The van der Waals surface area contributed by atoms with Gasteiger partial charge in [-0.3, -0.25) is 14.5 Å². The summed E-state index contributed by atoms with van der Waals surface area (Å²) in [5, 5.41) is 11.9. The predicted molar refractivity (Wildman–Crippen MR) is 176 cm³/mol. The molecule has 0 saturated heterocycles. The summed E-state index contributed by atoms with van der Waals surface area (Å²) < 4.78 is 2.21. The molecule has 0 unspecified atom stereocenters. The molecule has 1 N–H and O–H groups in total. The van der Waals surface area contributed by atoms with Gasteiger partial charge < -0.3 is 5.11 Å². The maximum Gasteiger partial charge on any atom is 0.145 e. The van der Waals surface area contributed by atoms with Crippen LogP contribution in [-0.4, -0.2) is 24.6 Å². The molecule has 3 aromatic heterocycles. The Labute approximate surface area is 251 Å². The van der Waals surface area contributed by atoms with Gasteiger partial charge in [0.2, 0.25) is 0 Å². The summed E-state index contributed by atoms with van der Waals surface area (Å²) >= 11 is 0. The van der Waals surface area contributed by atoms with Crippen molar-refractivity contribution in [3.8, 4) is 45.1 Å². The third-order valence-electron chi connectivity index (χ3n) is 8.05. The van der Waals surface area contributed by atoms with Crippen molar-refractivity contribution in [3.63, 3.8) is 0 Å². The Morgan fingerprint density at radius 3 is 2.28 bits per heavy atom. The molecule has 0 spiro atoms. The van der Waals surface area contributed by atoms with Gasteiger partial charge >= 0.3 is 0 Å². The van der Waals surface area contributed by atoms with Gasteiger partial charge in [0.1, 0.15) is 11.6 Å². The molecule has 4 aromatic carbocycles. The van der Waals surface area contributed by atoms with Crippen molar-refractivity contribution in [2.24, 2.45) is 0 Å². The molecule has 43 heavy (non-hydrogen) atoms. The van der Waals surface area contributed by atoms with Gasteiger partial charge in [-0.25, -0.2) is 4.98 Å². The highest BCUT2D eigenvalue weighted by Crippen LogP contribution is 2.39. The third-order valence-corrected chi connectivity index (χ3v) is 8.05. The van der Waals surface area contributed by atoms with E-state index in [0.29, 0.717) is 5.56 Å². The lowest BCUT2D eigenvalue weighted by Crippen LogP contribution is -2.11. The zero-order chi connectivity index (χ0) is 29.7. The standard InChI is InChI=1S/C38H32N4O/c1-24-20-26-10-7-18-40-35(26)31(21-24)25-8-5-9-27(22-25)37-41-36-30(32-23-39-19-17-34(32)43)11-6-12-33(36)42(37)29-15-13-28(14-16-29)38(2,3)4/h5-23H,1-4H3,(H,39,43). The van der Waals surface area contributed by atoms with Gasteiger partial charge in [-0.1, -0.05) is 69.3 Å². The van der Waals surface area contributed by atoms with Crippen molar-refractivity contribution in [3.05, 3.63) is 127 Å². The van der Waals surface area contributed by atoms with Gasteiger partial charge in [0.15, 0.2) is 0 Å². The van der Waals surface area contributed by atoms with Crippen molar-refractivity contribution < 1.29 is 5.11 Å². The molecule has 7 rings (SSSR count). The van der Waals surface area contributed by atoms with Crippen molar-refractivity contribution >= 4 is 21.9 Å². The van der Waals surface area contributed by atoms with E-state index in [1.807, 2.05) is 24.4 Å². The van der Waals surface area contributed by atoms with Gasteiger partial charge in [-0.15, -0.1) is 0 Å². The van der Waals surface area contributed by atoms with Crippen LogP contribution in [0, 0.1) is 6.92 Å². The highest BCUT2D eigenvalue weighted by atomic mass is 16.3. The molecule has 0 aliphatic heterocycles. The number of aromatic hydroxyl groups is 1. The zero-order valence-electron chi connectivity index (χ0n) is 24.7. The maximum absolute atomic E-state index is 10.7. The van der Waals surface area contributed by atoms with Crippen LogP contribution in [-0.2, 0) is 5.41 Å². The Morgan fingerprint density at radius 2 is 1.49 bits per heavy atom. The van der Waals surface area contributed by atoms with Crippen LogP contribution in [0.1, 0.15) is 31.9 Å². The first-order valence-corrected chi connectivity index (χ1v) is 14.5. The molecule has 0 aliphatic rings. The number of pyridine rings is 2. The second-order valence-corrected chi connectivity index (χ2v) is 12.1. The first kappa shape index (κ1) is 26.6. The van der Waals surface area contributed by atoms with E-state index < -0.39 is 0 Å². The second kappa shape index (κ2) is 10.2. The van der Waals surface area contributed by atoms with Crippen molar-refractivity contribution in [1.82, 2.24) is 19.5 Å². The first-order valence-electron chi connectivity index (χ1n) is 14.5. The maximum atomic E-state index is 10.7. The molecule has 210 valence electrons. The summed E-state index contributed by atoms with van der Waals surface area (Å²) in [5.74, 6) is 0.995. The van der Waals surface area contributed by atoms with E-state index in [9.17, 15) is 5.11 Å². The summed E-state index contributed by atoms with van der Waals surface area (Å²) in [4.78, 5) is 14.3. The molecule has 0 amide bonds. The molecular formula is C38H32N4O. The normalized spacial score (nSPS) is 11.8. The lowest BCUT2D eigenvalue weighted by molar-refractivity contribution is 0.476. The highest BCUT2D eigenvalue weighted by Gasteiger charge is 2.20.